The lowest BCUT2D eigenvalue weighted by Crippen LogP contribution is -2.37. The van der Waals surface area contributed by atoms with Gasteiger partial charge in [-0.1, -0.05) is 25.1 Å². The molecule has 102 valence electrons. The van der Waals surface area contributed by atoms with E-state index >= 15 is 0 Å². The van der Waals surface area contributed by atoms with E-state index in [1.807, 2.05) is 12.1 Å². The van der Waals surface area contributed by atoms with Crippen molar-refractivity contribution in [3.63, 3.8) is 0 Å². The molecule has 0 fully saturated rings. The summed E-state index contributed by atoms with van der Waals surface area (Å²) in [4.78, 5) is 0. The third-order valence-electron chi connectivity index (χ3n) is 2.96. The Balaban J connectivity index is 2.24. The van der Waals surface area contributed by atoms with Crippen LogP contribution in [0.2, 0.25) is 0 Å². The van der Waals surface area contributed by atoms with Crippen LogP contribution in [0.25, 0.3) is 0 Å². The topological polar surface area (TPSA) is 33.3 Å². The molecule has 0 saturated heterocycles. The van der Waals surface area contributed by atoms with Crippen molar-refractivity contribution in [2.24, 2.45) is 0 Å². The number of hydrogen-bond acceptors (Lipinski definition) is 3. The standard InChI is InChI=1S/C15H26N2O/c1-4-10-16-12-13(2)17-11-9-14-7-5-6-8-15(14)18-3/h5-8,13,16-17H,4,9-12H2,1-3H3. The molecule has 1 rings (SSSR count). The summed E-state index contributed by atoms with van der Waals surface area (Å²) in [7, 11) is 1.73. The van der Waals surface area contributed by atoms with Crippen LogP contribution in [0.15, 0.2) is 24.3 Å². The van der Waals surface area contributed by atoms with Crippen molar-refractivity contribution in [1.29, 1.82) is 0 Å². The number of para-hydroxylation sites is 1. The van der Waals surface area contributed by atoms with Crippen molar-refractivity contribution in [2.75, 3.05) is 26.7 Å². The summed E-state index contributed by atoms with van der Waals surface area (Å²) < 4.78 is 5.34. The van der Waals surface area contributed by atoms with E-state index in [-0.39, 0.29) is 0 Å². The lowest BCUT2D eigenvalue weighted by molar-refractivity contribution is 0.408. The largest absolute Gasteiger partial charge is 0.496 e. The van der Waals surface area contributed by atoms with E-state index < -0.39 is 0 Å². The van der Waals surface area contributed by atoms with Crippen LogP contribution in [0.4, 0.5) is 0 Å². The number of hydrogen-bond donors (Lipinski definition) is 2. The van der Waals surface area contributed by atoms with Gasteiger partial charge in [0, 0.05) is 12.6 Å². The molecule has 0 amide bonds. The third-order valence-corrected chi connectivity index (χ3v) is 2.96. The number of methoxy groups -OCH3 is 1. The van der Waals surface area contributed by atoms with Gasteiger partial charge in [-0.25, -0.2) is 0 Å². The molecule has 0 aliphatic heterocycles. The molecule has 0 bridgehead atoms. The Bertz CT molecular complexity index is 328. The van der Waals surface area contributed by atoms with E-state index in [9.17, 15) is 0 Å². The highest BCUT2D eigenvalue weighted by atomic mass is 16.5. The first-order valence-corrected chi connectivity index (χ1v) is 6.84. The van der Waals surface area contributed by atoms with Crippen LogP contribution < -0.4 is 15.4 Å². The van der Waals surface area contributed by atoms with Crippen LogP contribution in [0.3, 0.4) is 0 Å². The van der Waals surface area contributed by atoms with Crippen molar-refractivity contribution in [2.45, 2.75) is 32.7 Å². The lowest BCUT2D eigenvalue weighted by atomic mass is 10.1. The summed E-state index contributed by atoms with van der Waals surface area (Å²) in [5.41, 5.74) is 1.27. The number of nitrogens with one attached hydrogen (secondary N) is 2. The van der Waals surface area contributed by atoms with Gasteiger partial charge in [0.1, 0.15) is 5.75 Å². The zero-order chi connectivity index (χ0) is 13.2. The maximum Gasteiger partial charge on any atom is 0.122 e. The van der Waals surface area contributed by atoms with Crippen molar-refractivity contribution >= 4 is 0 Å². The van der Waals surface area contributed by atoms with Crippen molar-refractivity contribution in [1.82, 2.24) is 10.6 Å². The van der Waals surface area contributed by atoms with Crippen LogP contribution in [-0.2, 0) is 6.42 Å². The Morgan fingerprint density at radius 1 is 1.22 bits per heavy atom. The molecular weight excluding hydrogens is 224 g/mol. The first-order valence-electron chi connectivity index (χ1n) is 6.84. The van der Waals surface area contributed by atoms with Gasteiger partial charge in [-0.05, 0) is 44.5 Å². The third kappa shape index (κ3) is 5.52. The van der Waals surface area contributed by atoms with Gasteiger partial charge in [-0.2, -0.15) is 0 Å². The SMILES string of the molecule is CCCNCC(C)NCCc1ccccc1OC. The molecule has 3 heteroatoms. The minimum Gasteiger partial charge on any atom is -0.496 e. The number of benzene rings is 1. The van der Waals surface area contributed by atoms with Crippen LogP contribution in [-0.4, -0.2) is 32.8 Å². The Morgan fingerprint density at radius 2 is 2.00 bits per heavy atom. The Hall–Kier alpha value is -1.06. The molecule has 0 heterocycles. The van der Waals surface area contributed by atoms with Crippen molar-refractivity contribution in [3.05, 3.63) is 29.8 Å². The van der Waals surface area contributed by atoms with Gasteiger partial charge in [-0.15, -0.1) is 0 Å². The summed E-state index contributed by atoms with van der Waals surface area (Å²) in [5, 5.41) is 6.94. The zero-order valence-corrected chi connectivity index (χ0v) is 11.8. The summed E-state index contributed by atoms with van der Waals surface area (Å²) in [5.74, 6) is 0.982. The second-order valence-corrected chi connectivity index (χ2v) is 4.62. The molecule has 0 radical (unpaired) electrons. The fourth-order valence-corrected chi connectivity index (χ4v) is 1.93. The number of ether oxygens (including phenoxy) is 1. The predicted molar refractivity (Wildman–Crippen MR) is 77.3 cm³/mol. The van der Waals surface area contributed by atoms with E-state index in [0.29, 0.717) is 6.04 Å². The molecule has 18 heavy (non-hydrogen) atoms. The lowest BCUT2D eigenvalue weighted by Gasteiger charge is -2.15. The van der Waals surface area contributed by atoms with Gasteiger partial charge in [0.2, 0.25) is 0 Å². The molecule has 2 N–H and O–H groups in total. The molecule has 0 aliphatic carbocycles. The van der Waals surface area contributed by atoms with E-state index in [0.717, 1.165) is 31.8 Å². The van der Waals surface area contributed by atoms with Gasteiger partial charge in [0.05, 0.1) is 7.11 Å². The fraction of sp³-hybridized carbons (Fsp3) is 0.600. The van der Waals surface area contributed by atoms with Crippen molar-refractivity contribution in [3.8, 4) is 5.75 Å². The molecule has 1 atom stereocenters. The highest BCUT2D eigenvalue weighted by Crippen LogP contribution is 2.17. The van der Waals surface area contributed by atoms with E-state index in [2.05, 4.69) is 36.6 Å². The number of rotatable bonds is 9. The highest BCUT2D eigenvalue weighted by Gasteiger charge is 2.03. The summed E-state index contributed by atoms with van der Waals surface area (Å²) >= 11 is 0. The first-order chi connectivity index (χ1) is 8.77. The van der Waals surface area contributed by atoms with Gasteiger partial charge in [0.25, 0.3) is 0 Å². The van der Waals surface area contributed by atoms with Crippen LogP contribution in [0.5, 0.6) is 5.75 Å². The van der Waals surface area contributed by atoms with E-state index in [1.165, 1.54) is 12.0 Å². The Labute approximate surface area is 111 Å². The normalized spacial score (nSPS) is 12.4. The summed E-state index contributed by atoms with van der Waals surface area (Å²) in [6.45, 7) is 7.51. The molecule has 1 aromatic rings. The minimum absolute atomic E-state index is 0.506. The van der Waals surface area contributed by atoms with Gasteiger partial charge in [-0.3, -0.25) is 0 Å². The summed E-state index contributed by atoms with van der Waals surface area (Å²) in [6, 6.07) is 8.71. The molecule has 0 spiro atoms. The molecule has 1 aromatic carbocycles. The monoisotopic (exact) mass is 250 g/mol. The highest BCUT2D eigenvalue weighted by molar-refractivity contribution is 5.33. The molecule has 3 nitrogen and oxygen atoms in total. The Morgan fingerprint density at radius 3 is 2.72 bits per heavy atom. The quantitative estimate of drug-likeness (QED) is 0.659. The first kappa shape index (κ1) is 15.0. The molecule has 0 saturated carbocycles. The van der Waals surface area contributed by atoms with Crippen molar-refractivity contribution < 1.29 is 4.74 Å². The molecule has 0 aliphatic rings. The average molecular weight is 250 g/mol. The maximum absolute atomic E-state index is 5.34. The molecule has 0 aromatic heterocycles. The van der Waals surface area contributed by atoms with Crippen LogP contribution in [0, 0.1) is 0 Å². The minimum atomic E-state index is 0.506. The van der Waals surface area contributed by atoms with Crippen LogP contribution >= 0.6 is 0 Å². The van der Waals surface area contributed by atoms with E-state index in [1.54, 1.807) is 7.11 Å². The Kier molecular flexibility index (Phi) is 7.46. The molecule has 1 unspecified atom stereocenters. The molecular formula is C15H26N2O. The smallest absolute Gasteiger partial charge is 0.122 e. The summed E-state index contributed by atoms with van der Waals surface area (Å²) in [6.07, 6.45) is 2.19. The maximum atomic E-state index is 5.34. The fourth-order valence-electron chi connectivity index (χ4n) is 1.93. The van der Waals surface area contributed by atoms with Gasteiger partial charge in [0.15, 0.2) is 0 Å². The second-order valence-electron chi connectivity index (χ2n) is 4.62. The van der Waals surface area contributed by atoms with Gasteiger partial charge >= 0.3 is 0 Å². The second kappa shape index (κ2) is 8.95. The average Bonchev–Trinajstić information content (AvgIpc) is 2.39. The van der Waals surface area contributed by atoms with Gasteiger partial charge < -0.3 is 15.4 Å². The predicted octanol–water partition coefficient (Wildman–Crippen LogP) is 2.22. The van der Waals surface area contributed by atoms with Crippen LogP contribution in [0.1, 0.15) is 25.8 Å². The van der Waals surface area contributed by atoms with E-state index in [4.69, 9.17) is 4.74 Å². The zero-order valence-electron chi connectivity index (χ0n) is 11.8.